The van der Waals surface area contributed by atoms with Gasteiger partial charge in [0.25, 0.3) is 0 Å². The lowest BCUT2D eigenvalue weighted by atomic mass is 10.1. The van der Waals surface area contributed by atoms with Crippen molar-refractivity contribution in [1.82, 2.24) is 10.2 Å². The average molecular weight is 417 g/mol. The van der Waals surface area contributed by atoms with Gasteiger partial charge in [-0.25, -0.2) is 9.59 Å². The topological polar surface area (TPSA) is 88.1 Å². The van der Waals surface area contributed by atoms with Crippen LogP contribution in [0.3, 0.4) is 0 Å². The molecule has 0 bridgehead atoms. The summed E-state index contributed by atoms with van der Waals surface area (Å²) < 4.78 is 10.7. The van der Waals surface area contributed by atoms with Gasteiger partial charge >= 0.3 is 12.2 Å². The molecular formula is C22H44N2O5. The molecule has 0 aliphatic carbocycles. The molecule has 7 nitrogen and oxygen atoms in total. The van der Waals surface area contributed by atoms with E-state index in [2.05, 4.69) is 5.32 Å². The van der Waals surface area contributed by atoms with Gasteiger partial charge in [0.2, 0.25) is 0 Å². The summed E-state index contributed by atoms with van der Waals surface area (Å²) in [4.78, 5) is 25.9. The summed E-state index contributed by atoms with van der Waals surface area (Å²) in [6, 6.07) is 0. The molecule has 0 atom stereocenters. The quantitative estimate of drug-likeness (QED) is 0.419. The van der Waals surface area contributed by atoms with Gasteiger partial charge in [-0.15, -0.1) is 0 Å². The van der Waals surface area contributed by atoms with Crippen molar-refractivity contribution in [2.24, 2.45) is 0 Å². The predicted molar refractivity (Wildman–Crippen MR) is 116 cm³/mol. The second kappa shape index (κ2) is 14.5. The highest BCUT2D eigenvalue weighted by molar-refractivity contribution is 5.69. The van der Waals surface area contributed by atoms with Crippen LogP contribution >= 0.6 is 0 Å². The first-order valence-electron chi connectivity index (χ1n) is 11.0. The van der Waals surface area contributed by atoms with Crippen molar-refractivity contribution in [2.45, 2.75) is 104 Å². The number of unbranched alkanes of at least 4 members (excludes halogenated alkanes) is 7. The molecule has 0 spiro atoms. The molecule has 0 radical (unpaired) electrons. The van der Waals surface area contributed by atoms with E-state index < -0.39 is 17.3 Å². The molecule has 0 aromatic rings. The molecule has 0 unspecified atom stereocenters. The molecule has 172 valence electrons. The minimum Gasteiger partial charge on any atom is -0.444 e. The van der Waals surface area contributed by atoms with E-state index in [1.54, 1.807) is 4.90 Å². The number of alkyl carbamates (subject to hydrolysis) is 1. The van der Waals surface area contributed by atoms with Gasteiger partial charge in [0.1, 0.15) is 11.2 Å². The molecule has 0 aliphatic heterocycles. The van der Waals surface area contributed by atoms with Crippen LogP contribution in [0.5, 0.6) is 0 Å². The minimum atomic E-state index is -0.553. The third kappa shape index (κ3) is 18.3. The first kappa shape index (κ1) is 27.5. The highest BCUT2D eigenvalue weighted by Crippen LogP contribution is 2.12. The first-order chi connectivity index (χ1) is 13.4. The Morgan fingerprint density at radius 2 is 1.24 bits per heavy atom. The van der Waals surface area contributed by atoms with E-state index in [-0.39, 0.29) is 12.7 Å². The van der Waals surface area contributed by atoms with E-state index in [1.807, 2.05) is 41.5 Å². The van der Waals surface area contributed by atoms with Gasteiger partial charge in [-0.3, -0.25) is 0 Å². The number of aliphatic hydroxyl groups excluding tert-OH is 1. The van der Waals surface area contributed by atoms with Gasteiger partial charge < -0.3 is 24.8 Å². The zero-order valence-electron chi connectivity index (χ0n) is 19.5. The van der Waals surface area contributed by atoms with Crippen LogP contribution < -0.4 is 5.32 Å². The summed E-state index contributed by atoms with van der Waals surface area (Å²) in [5, 5.41) is 11.5. The Morgan fingerprint density at radius 3 is 1.72 bits per heavy atom. The Labute approximate surface area is 177 Å². The van der Waals surface area contributed by atoms with E-state index in [4.69, 9.17) is 14.6 Å². The summed E-state index contributed by atoms with van der Waals surface area (Å²) in [5.74, 6) is 0. The molecule has 0 aliphatic rings. The molecule has 0 saturated carbocycles. The lowest BCUT2D eigenvalue weighted by molar-refractivity contribution is 0.0237. The second-order valence-corrected chi connectivity index (χ2v) is 9.45. The Kier molecular flexibility index (Phi) is 13.7. The van der Waals surface area contributed by atoms with Gasteiger partial charge in [-0.1, -0.05) is 38.5 Å². The van der Waals surface area contributed by atoms with Gasteiger partial charge in [0, 0.05) is 26.2 Å². The zero-order valence-corrected chi connectivity index (χ0v) is 19.5. The number of ether oxygens (including phenoxy) is 2. The molecule has 0 aromatic heterocycles. The number of carbonyl (C=O) groups excluding carboxylic acids is 2. The van der Waals surface area contributed by atoms with Crippen LogP contribution in [0.1, 0.15) is 92.9 Å². The van der Waals surface area contributed by atoms with E-state index >= 15 is 0 Å². The number of hydrogen-bond acceptors (Lipinski definition) is 5. The van der Waals surface area contributed by atoms with Crippen molar-refractivity contribution in [3.8, 4) is 0 Å². The van der Waals surface area contributed by atoms with Gasteiger partial charge in [0.05, 0.1) is 0 Å². The Morgan fingerprint density at radius 1 is 0.759 bits per heavy atom. The Bertz CT molecular complexity index is 455. The largest absolute Gasteiger partial charge is 0.444 e. The molecular weight excluding hydrogens is 372 g/mol. The van der Waals surface area contributed by atoms with E-state index in [0.717, 1.165) is 32.1 Å². The molecule has 2 amide bonds. The first-order valence-corrected chi connectivity index (χ1v) is 11.0. The Hall–Kier alpha value is -1.50. The molecule has 7 heteroatoms. The SMILES string of the molecule is CC(C)(C)OC(=O)NCCN(CCCCCCCCCCO)C(=O)OC(C)(C)C. The highest BCUT2D eigenvalue weighted by atomic mass is 16.6. The Balaban J connectivity index is 4.28. The molecule has 2 N–H and O–H groups in total. The predicted octanol–water partition coefficient (Wildman–Crippen LogP) is 4.86. The maximum Gasteiger partial charge on any atom is 0.410 e. The molecule has 0 rings (SSSR count). The lowest BCUT2D eigenvalue weighted by Gasteiger charge is -2.28. The molecule has 0 heterocycles. The summed E-state index contributed by atoms with van der Waals surface area (Å²) >= 11 is 0. The van der Waals surface area contributed by atoms with Crippen LogP contribution in [0.2, 0.25) is 0 Å². The van der Waals surface area contributed by atoms with E-state index in [1.165, 1.54) is 19.3 Å². The number of hydrogen-bond donors (Lipinski definition) is 2. The fourth-order valence-corrected chi connectivity index (χ4v) is 2.70. The van der Waals surface area contributed by atoms with Crippen LogP contribution in [0, 0.1) is 0 Å². The van der Waals surface area contributed by atoms with Crippen LogP contribution in [0.4, 0.5) is 9.59 Å². The minimum absolute atomic E-state index is 0.281. The molecule has 0 saturated heterocycles. The number of nitrogens with zero attached hydrogens (tertiary/aromatic N) is 1. The van der Waals surface area contributed by atoms with Crippen molar-refractivity contribution >= 4 is 12.2 Å². The van der Waals surface area contributed by atoms with Crippen molar-refractivity contribution in [2.75, 3.05) is 26.2 Å². The highest BCUT2D eigenvalue weighted by Gasteiger charge is 2.22. The van der Waals surface area contributed by atoms with Crippen LogP contribution in [-0.4, -0.2) is 59.6 Å². The monoisotopic (exact) mass is 416 g/mol. The lowest BCUT2D eigenvalue weighted by Crippen LogP contribution is -2.42. The van der Waals surface area contributed by atoms with E-state index in [0.29, 0.717) is 19.6 Å². The number of amides is 2. The van der Waals surface area contributed by atoms with Gasteiger partial charge in [-0.2, -0.15) is 0 Å². The number of carbonyl (C=O) groups is 2. The number of nitrogens with one attached hydrogen (secondary N) is 1. The van der Waals surface area contributed by atoms with Crippen LogP contribution in [-0.2, 0) is 9.47 Å². The maximum atomic E-state index is 12.5. The zero-order chi connectivity index (χ0) is 22.3. The third-order valence-electron chi connectivity index (χ3n) is 4.04. The van der Waals surface area contributed by atoms with E-state index in [9.17, 15) is 9.59 Å². The van der Waals surface area contributed by atoms with Crippen molar-refractivity contribution in [3.63, 3.8) is 0 Å². The van der Waals surface area contributed by atoms with Crippen LogP contribution in [0.25, 0.3) is 0 Å². The summed E-state index contributed by atoms with van der Waals surface area (Å²) in [7, 11) is 0. The summed E-state index contributed by atoms with van der Waals surface area (Å²) in [6.07, 6.45) is 7.78. The smallest absolute Gasteiger partial charge is 0.410 e. The molecule has 0 fully saturated rings. The maximum absolute atomic E-state index is 12.5. The number of rotatable bonds is 13. The van der Waals surface area contributed by atoms with Crippen LogP contribution in [0.15, 0.2) is 0 Å². The second-order valence-electron chi connectivity index (χ2n) is 9.45. The normalized spacial score (nSPS) is 11.8. The molecule has 0 aromatic carbocycles. The third-order valence-corrected chi connectivity index (χ3v) is 4.04. The number of aliphatic hydroxyl groups is 1. The fraction of sp³-hybridized carbons (Fsp3) is 0.909. The van der Waals surface area contributed by atoms with Gasteiger partial charge in [-0.05, 0) is 54.4 Å². The van der Waals surface area contributed by atoms with Gasteiger partial charge in [0.15, 0.2) is 0 Å². The average Bonchev–Trinajstić information content (AvgIpc) is 2.55. The summed E-state index contributed by atoms with van der Waals surface area (Å²) in [6.45, 7) is 12.6. The summed E-state index contributed by atoms with van der Waals surface area (Å²) in [5.41, 5.74) is -1.10. The standard InChI is InChI=1S/C22H44N2O5/c1-21(2,3)28-19(26)23-15-17-24(20(27)29-22(4,5)6)16-13-11-9-7-8-10-12-14-18-25/h25H,7-18H2,1-6H3,(H,23,26). The fourth-order valence-electron chi connectivity index (χ4n) is 2.70. The molecule has 29 heavy (non-hydrogen) atoms. The van der Waals surface area contributed by atoms with Crippen molar-refractivity contribution < 1.29 is 24.2 Å². The van der Waals surface area contributed by atoms with Crippen molar-refractivity contribution in [3.05, 3.63) is 0 Å². The van der Waals surface area contributed by atoms with Crippen molar-refractivity contribution in [1.29, 1.82) is 0 Å².